The fraction of sp³-hybridized carbons (Fsp3) is 0.909. The Balaban J connectivity index is 1.11. The molecule has 6 nitrogen and oxygen atoms in total. The van der Waals surface area contributed by atoms with Gasteiger partial charge in [0.2, 0.25) is 0 Å². The normalized spacial score (nSPS) is 35.1. The molecule has 3 fully saturated rings. The summed E-state index contributed by atoms with van der Waals surface area (Å²) < 4.78 is 29.1. The third-order valence-electron chi connectivity index (χ3n) is 7.92. The number of aliphatic hydroxyl groups excluding tert-OH is 1. The highest BCUT2D eigenvalue weighted by Gasteiger charge is 2.50. The number of ether oxygens (including phenoxy) is 1. The summed E-state index contributed by atoms with van der Waals surface area (Å²) in [5.41, 5.74) is 1.86. The SMILES string of the molecule is CC1(C)[C@H]2CC=C(COC[C@H](O)CN3CCC(N[C@H]4CCS(=O)(=O)C4)CC3)[C@H]1C2. The Morgan fingerprint density at radius 2 is 2.03 bits per heavy atom. The van der Waals surface area contributed by atoms with Crippen molar-refractivity contribution in [3.8, 4) is 0 Å². The Labute approximate surface area is 176 Å². The molecule has 0 unspecified atom stereocenters. The Morgan fingerprint density at radius 3 is 2.66 bits per heavy atom. The standard InChI is InChI=1S/C22H38N2O4S/c1-22(2)17-4-3-16(21(22)11-17)13-28-14-20(25)12-24-8-5-18(6-9-24)23-19-7-10-29(26,27)15-19/h3,17-21,23,25H,4-15H2,1-2H3/t17-,19-,20+,21+/m0/s1. The maximum absolute atomic E-state index is 11.6. The number of likely N-dealkylation sites (tertiary alicyclic amines) is 1. The highest BCUT2D eigenvalue weighted by Crippen LogP contribution is 2.59. The second-order valence-corrected chi connectivity index (χ2v) is 12.6. The number of fused-ring (bicyclic) bond motifs is 1. The monoisotopic (exact) mass is 426 g/mol. The summed E-state index contributed by atoms with van der Waals surface area (Å²) in [6.45, 7) is 8.34. The van der Waals surface area contributed by atoms with Crippen molar-refractivity contribution in [2.75, 3.05) is 44.4 Å². The van der Waals surface area contributed by atoms with Crippen molar-refractivity contribution in [1.29, 1.82) is 0 Å². The van der Waals surface area contributed by atoms with Gasteiger partial charge in [0.1, 0.15) is 0 Å². The fourth-order valence-electron chi connectivity index (χ4n) is 5.85. The van der Waals surface area contributed by atoms with Crippen molar-refractivity contribution in [1.82, 2.24) is 10.2 Å². The molecule has 0 amide bonds. The van der Waals surface area contributed by atoms with E-state index in [1.54, 1.807) is 0 Å². The van der Waals surface area contributed by atoms with Gasteiger partial charge in [-0.05, 0) is 68.0 Å². The molecule has 0 aromatic rings. The van der Waals surface area contributed by atoms with Crippen LogP contribution < -0.4 is 5.32 Å². The van der Waals surface area contributed by atoms with Crippen LogP contribution >= 0.6 is 0 Å². The van der Waals surface area contributed by atoms with E-state index in [2.05, 4.69) is 30.1 Å². The maximum atomic E-state index is 11.6. The Kier molecular flexibility index (Phi) is 6.43. The van der Waals surface area contributed by atoms with Crippen LogP contribution in [-0.2, 0) is 14.6 Å². The first-order valence-corrected chi connectivity index (χ1v) is 13.2. The molecule has 4 atom stereocenters. The maximum Gasteiger partial charge on any atom is 0.151 e. The van der Waals surface area contributed by atoms with E-state index in [4.69, 9.17) is 4.74 Å². The number of rotatable bonds is 8. The number of nitrogens with zero attached hydrogens (tertiary/aromatic N) is 1. The first-order chi connectivity index (χ1) is 13.7. The van der Waals surface area contributed by atoms with E-state index >= 15 is 0 Å². The van der Waals surface area contributed by atoms with Crippen LogP contribution in [0.5, 0.6) is 0 Å². The topological polar surface area (TPSA) is 78.9 Å². The zero-order valence-electron chi connectivity index (χ0n) is 18.0. The third kappa shape index (κ3) is 5.06. The largest absolute Gasteiger partial charge is 0.389 e. The van der Waals surface area contributed by atoms with Gasteiger partial charge in [0.15, 0.2) is 9.84 Å². The van der Waals surface area contributed by atoms with Gasteiger partial charge in [-0.3, -0.25) is 0 Å². The molecule has 2 aliphatic heterocycles. The number of β-amino-alcohol motifs (C(OH)–C–C–N with tert-alkyl or cyclic N) is 1. The van der Waals surface area contributed by atoms with Gasteiger partial charge in [-0.2, -0.15) is 0 Å². The van der Waals surface area contributed by atoms with E-state index in [1.165, 1.54) is 18.4 Å². The predicted molar refractivity (Wildman–Crippen MR) is 115 cm³/mol. The van der Waals surface area contributed by atoms with Gasteiger partial charge >= 0.3 is 0 Å². The average Bonchev–Trinajstić information content (AvgIpc) is 3.01. The molecule has 1 saturated carbocycles. The quantitative estimate of drug-likeness (QED) is 0.574. The van der Waals surface area contributed by atoms with Crippen molar-refractivity contribution in [3.05, 3.63) is 11.6 Å². The Hall–Kier alpha value is -0.470. The molecular formula is C22H38N2O4S. The highest BCUT2D eigenvalue weighted by molar-refractivity contribution is 7.91. The van der Waals surface area contributed by atoms with E-state index in [1.807, 2.05) is 0 Å². The fourth-order valence-corrected chi connectivity index (χ4v) is 7.53. The van der Waals surface area contributed by atoms with Gasteiger partial charge in [0.25, 0.3) is 0 Å². The molecule has 3 aliphatic carbocycles. The van der Waals surface area contributed by atoms with Crippen LogP contribution in [0.25, 0.3) is 0 Å². The lowest BCUT2D eigenvalue weighted by Crippen LogP contribution is -2.49. The molecule has 2 heterocycles. The van der Waals surface area contributed by atoms with Gasteiger partial charge in [0.05, 0.1) is 30.8 Å². The summed E-state index contributed by atoms with van der Waals surface area (Å²) in [5, 5.41) is 13.9. The summed E-state index contributed by atoms with van der Waals surface area (Å²) >= 11 is 0. The number of piperidine rings is 1. The van der Waals surface area contributed by atoms with Gasteiger partial charge in [0, 0.05) is 18.6 Å². The smallest absolute Gasteiger partial charge is 0.151 e. The van der Waals surface area contributed by atoms with Gasteiger partial charge < -0.3 is 20.1 Å². The number of aliphatic hydroxyl groups is 1. The third-order valence-corrected chi connectivity index (χ3v) is 9.69. The van der Waals surface area contributed by atoms with Crippen LogP contribution in [-0.4, -0.2) is 81.0 Å². The van der Waals surface area contributed by atoms with Crippen molar-refractivity contribution in [3.63, 3.8) is 0 Å². The predicted octanol–water partition coefficient (Wildman–Crippen LogP) is 1.60. The average molecular weight is 427 g/mol. The van der Waals surface area contributed by atoms with Crippen LogP contribution in [0.4, 0.5) is 0 Å². The minimum Gasteiger partial charge on any atom is -0.389 e. The summed E-state index contributed by atoms with van der Waals surface area (Å²) in [5.74, 6) is 2.13. The summed E-state index contributed by atoms with van der Waals surface area (Å²) in [6, 6.07) is 0.520. The van der Waals surface area contributed by atoms with E-state index in [0.717, 1.165) is 38.3 Å². The minimum atomic E-state index is -2.82. The summed E-state index contributed by atoms with van der Waals surface area (Å²) in [7, 11) is -2.82. The van der Waals surface area contributed by atoms with Gasteiger partial charge in [-0.15, -0.1) is 0 Å². The van der Waals surface area contributed by atoms with Crippen LogP contribution in [0, 0.1) is 17.3 Å². The van der Waals surface area contributed by atoms with Crippen molar-refractivity contribution >= 4 is 9.84 Å². The Morgan fingerprint density at radius 1 is 1.28 bits per heavy atom. The number of sulfone groups is 1. The van der Waals surface area contributed by atoms with Crippen molar-refractivity contribution < 1.29 is 18.3 Å². The van der Waals surface area contributed by atoms with Crippen molar-refractivity contribution in [2.24, 2.45) is 17.3 Å². The van der Waals surface area contributed by atoms with Crippen LogP contribution in [0.15, 0.2) is 11.6 Å². The zero-order chi connectivity index (χ0) is 20.6. The molecule has 7 heteroatoms. The number of hydrogen-bond acceptors (Lipinski definition) is 6. The van der Waals surface area contributed by atoms with E-state index in [-0.39, 0.29) is 6.04 Å². The van der Waals surface area contributed by atoms with Crippen molar-refractivity contribution in [2.45, 2.75) is 64.1 Å². The molecule has 2 N–H and O–H groups in total. The molecule has 0 spiro atoms. The van der Waals surface area contributed by atoms with Gasteiger partial charge in [-0.25, -0.2) is 8.42 Å². The van der Waals surface area contributed by atoms with E-state index in [9.17, 15) is 13.5 Å². The van der Waals surface area contributed by atoms with E-state index in [0.29, 0.717) is 48.6 Å². The highest BCUT2D eigenvalue weighted by atomic mass is 32.2. The summed E-state index contributed by atoms with van der Waals surface area (Å²) in [6.07, 6.45) is 7.16. The van der Waals surface area contributed by atoms with E-state index < -0.39 is 15.9 Å². The zero-order valence-corrected chi connectivity index (χ0v) is 18.8. The number of allylic oxidation sites excluding steroid dienone is 1. The van der Waals surface area contributed by atoms with Gasteiger partial charge in [-0.1, -0.05) is 19.9 Å². The molecule has 166 valence electrons. The molecule has 0 aromatic heterocycles. The number of hydrogen-bond donors (Lipinski definition) is 2. The first kappa shape index (κ1) is 21.8. The molecule has 0 aromatic carbocycles. The lowest BCUT2D eigenvalue weighted by atomic mass is 9.49. The molecule has 5 aliphatic rings. The summed E-state index contributed by atoms with van der Waals surface area (Å²) in [4.78, 5) is 2.30. The molecule has 5 rings (SSSR count). The Bertz CT molecular complexity index is 712. The second kappa shape index (κ2) is 8.58. The first-order valence-electron chi connectivity index (χ1n) is 11.4. The molecule has 2 bridgehead atoms. The lowest BCUT2D eigenvalue weighted by molar-refractivity contribution is -0.0268. The lowest BCUT2D eigenvalue weighted by Gasteiger charge is -2.56. The minimum absolute atomic E-state index is 0.126. The molecule has 29 heavy (non-hydrogen) atoms. The number of nitrogens with one attached hydrogen (secondary N) is 1. The molecule has 0 radical (unpaired) electrons. The van der Waals surface area contributed by atoms with Crippen LogP contribution in [0.3, 0.4) is 0 Å². The van der Waals surface area contributed by atoms with Crippen LogP contribution in [0.1, 0.15) is 46.0 Å². The van der Waals surface area contributed by atoms with Crippen LogP contribution in [0.2, 0.25) is 0 Å². The molecular weight excluding hydrogens is 388 g/mol. The molecule has 2 saturated heterocycles. The second-order valence-electron chi connectivity index (χ2n) is 10.3.